The highest BCUT2D eigenvalue weighted by Crippen LogP contribution is 2.44. The average molecular weight is 477 g/mol. The molecule has 2 amide bonds. The van der Waals surface area contributed by atoms with E-state index < -0.39 is 29.8 Å². The second-order valence-electron chi connectivity index (χ2n) is 8.68. The number of anilines is 1. The molecule has 0 fully saturated rings. The van der Waals surface area contributed by atoms with Crippen LogP contribution in [0.25, 0.3) is 11.1 Å². The molecule has 3 aromatic rings. The fraction of sp³-hybridized carbons (Fsp3) is 0.222. The summed E-state index contributed by atoms with van der Waals surface area (Å²) >= 11 is 0. The third-order valence-electron chi connectivity index (χ3n) is 6.04. The van der Waals surface area contributed by atoms with Crippen LogP contribution in [0.4, 0.5) is 14.9 Å². The number of carboxylic acids is 1. The van der Waals surface area contributed by atoms with Gasteiger partial charge >= 0.3 is 12.1 Å². The molecule has 0 saturated heterocycles. The normalized spacial score (nSPS) is 13.0. The van der Waals surface area contributed by atoms with Gasteiger partial charge in [0.25, 0.3) is 0 Å². The first-order chi connectivity index (χ1) is 16.8. The number of amides is 2. The summed E-state index contributed by atoms with van der Waals surface area (Å²) in [5.74, 6) is -3.26. The number of carbonyl (C=O) groups excluding carboxylic acids is 2. The number of hydrogen-bond donors (Lipinski definition) is 3. The number of fused-ring (bicyclic) bond motifs is 3. The highest BCUT2D eigenvalue weighted by molar-refractivity contribution is 5.97. The molecule has 1 aliphatic rings. The first-order valence-corrected chi connectivity index (χ1v) is 11.2. The van der Waals surface area contributed by atoms with Crippen molar-refractivity contribution >= 4 is 23.7 Å². The van der Waals surface area contributed by atoms with E-state index in [4.69, 9.17) is 9.84 Å². The van der Waals surface area contributed by atoms with Gasteiger partial charge in [-0.25, -0.2) is 14.0 Å². The van der Waals surface area contributed by atoms with Crippen molar-refractivity contribution in [2.24, 2.45) is 5.92 Å². The summed E-state index contributed by atoms with van der Waals surface area (Å²) in [6.45, 7) is 3.56. The van der Waals surface area contributed by atoms with Gasteiger partial charge in [-0.1, -0.05) is 62.4 Å². The van der Waals surface area contributed by atoms with E-state index in [-0.39, 0.29) is 29.7 Å². The van der Waals surface area contributed by atoms with Gasteiger partial charge < -0.3 is 20.5 Å². The molecule has 1 unspecified atom stereocenters. The van der Waals surface area contributed by atoms with Gasteiger partial charge in [0.2, 0.25) is 5.91 Å². The Hall–Kier alpha value is -4.20. The third-order valence-corrected chi connectivity index (χ3v) is 6.04. The molecule has 0 bridgehead atoms. The molecule has 0 radical (unpaired) electrons. The SMILES string of the molecule is CC(C)C(NC(=O)OCC1c2ccccc2-c2ccccc21)C(=O)Nc1ccc(C(=O)O)cc1F. The minimum absolute atomic E-state index is 0.0948. The molecule has 0 aromatic heterocycles. The molecule has 3 aromatic carbocycles. The molecule has 180 valence electrons. The number of rotatable bonds is 7. The highest BCUT2D eigenvalue weighted by atomic mass is 19.1. The van der Waals surface area contributed by atoms with E-state index in [1.54, 1.807) is 13.8 Å². The van der Waals surface area contributed by atoms with Crippen LogP contribution < -0.4 is 10.6 Å². The molecular formula is C27H25FN2O5. The fourth-order valence-corrected chi connectivity index (χ4v) is 4.26. The Kier molecular flexibility index (Phi) is 6.82. The quantitative estimate of drug-likeness (QED) is 0.444. The maximum atomic E-state index is 14.2. The van der Waals surface area contributed by atoms with Crippen molar-refractivity contribution < 1.29 is 28.6 Å². The zero-order valence-corrected chi connectivity index (χ0v) is 19.2. The number of carbonyl (C=O) groups is 3. The third kappa shape index (κ3) is 5.01. The number of nitrogens with one attached hydrogen (secondary N) is 2. The molecule has 0 heterocycles. The Balaban J connectivity index is 1.42. The average Bonchev–Trinajstić information content (AvgIpc) is 3.15. The number of hydrogen-bond acceptors (Lipinski definition) is 4. The summed E-state index contributed by atoms with van der Waals surface area (Å²) in [5, 5.41) is 13.9. The van der Waals surface area contributed by atoms with E-state index in [2.05, 4.69) is 10.6 Å². The van der Waals surface area contributed by atoms with Gasteiger partial charge in [0, 0.05) is 5.92 Å². The summed E-state index contributed by atoms with van der Waals surface area (Å²) in [6.07, 6.45) is -0.762. The highest BCUT2D eigenvalue weighted by Gasteiger charge is 2.30. The number of carboxylic acid groups (broad SMARTS) is 1. The Morgan fingerprint density at radius 1 is 0.971 bits per heavy atom. The van der Waals surface area contributed by atoms with Gasteiger partial charge in [-0.15, -0.1) is 0 Å². The summed E-state index contributed by atoms with van der Waals surface area (Å²) in [6, 6.07) is 18.1. The minimum Gasteiger partial charge on any atom is -0.478 e. The van der Waals surface area contributed by atoms with Crippen LogP contribution in [0.5, 0.6) is 0 Å². The molecule has 1 aliphatic carbocycles. The Bertz CT molecular complexity index is 1240. The van der Waals surface area contributed by atoms with Crippen molar-refractivity contribution in [3.05, 3.63) is 89.2 Å². The Labute approximate surface area is 201 Å². The van der Waals surface area contributed by atoms with Crippen LogP contribution in [0.3, 0.4) is 0 Å². The molecule has 4 rings (SSSR count). The van der Waals surface area contributed by atoms with Gasteiger partial charge in [-0.3, -0.25) is 4.79 Å². The first kappa shape index (κ1) is 23.9. The predicted molar refractivity (Wildman–Crippen MR) is 129 cm³/mol. The molecule has 0 spiro atoms. The Morgan fingerprint density at radius 2 is 1.57 bits per heavy atom. The fourth-order valence-electron chi connectivity index (χ4n) is 4.26. The second-order valence-corrected chi connectivity index (χ2v) is 8.68. The number of alkyl carbamates (subject to hydrolysis) is 1. The Morgan fingerprint density at radius 3 is 2.11 bits per heavy atom. The van der Waals surface area contributed by atoms with Gasteiger partial charge in [0.05, 0.1) is 11.3 Å². The van der Waals surface area contributed by atoms with Crippen molar-refractivity contribution in [1.82, 2.24) is 5.32 Å². The number of aromatic carboxylic acids is 1. The topological polar surface area (TPSA) is 105 Å². The van der Waals surface area contributed by atoms with Crippen LogP contribution in [-0.2, 0) is 9.53 Å². The van der Waals surface area contributed by atoms with Crippen LogP contribution in [0, 0.1) is 11.7 Å². The van der Waals surface area contributed by atoms with E-state index >= 15 is 0 Å². The van der Waals surface area contributed by atoms with Crippen LogP contribution in [0.1, 0.15) is 41.3 Å². The molecule has 3 N–H and O–H groups in total. The molecule has 0 aliphatic heterocycles. The molecule has 8 heteroatoms. The minimum atomic E-state index is -1.28. The monoisotopic (exact) mass is 476 g/mol. The zero-order chi connectivity index (χ0) is 25.1. The lowest BCUT2D eigenvalue weighted by Gasteiger charge is -2.22. The predicted octanol–water partition coefficient (Wildman–Crippen LogP) is 5.03. The van der Waals surface area contributed by atoms with Crippen molar-refractivity contribution in [1.29, 1.82) is 0 Å². The van der Waals surface area contributed by atoms with E-state index in [9.17, 15) is 18.8 Å². The number of halogens is 1. The van der Waals surface area contributed by atoms with Crippen LogP contribution >= 0.6 is 0 Å². The van der Waals surface area contributed by atoms with Gasteiger partial charge in [-0.05, 0) is 46.4 Å². The molecule has 0 saturated carbocycles. The van der Waals surface area contributed by atoms with Crippen LogP contribution in [0.15, 0.2) is 66.7 Å². The van der Waals surface area contributed by atoms with E-state index in [1.807, 2.05) is 48.5 Å². The summed E-state index contributed by atoms with van der Waals surface area (Å²) in [4.78, 5) is 36.4. The lowest BCUT2D eigenvalue weighted by Crippen LogP contribution is -2.47. The summed E-state index contributed by atoms with van der Waals surface area (Å²) in [5.41, 5.74) is 3.93. The van der Waals surface area contributed by atoms with E-state index in [0.29, 0.717) is 0 Å². The molecular weight excluding hydrogens is 451 g/mol. The van der Waals surface area contributed by atoms with Gasteiger partial charge in [-0.2, -0.15) is 0 Å². The summed E-state index contributed by atoms with van der Waals surface area (Å²) in [7, 11) is 0. The van der Waals surface area contributed by atoms with Crippen molar-refractivity contribution in [2.45, 2.75) is 25.8 Å². The van der Waals surface area contributed by atoms with E-state index in [1.165, 1.54) is 12.1 Å². The number of benzene rings is 3. The van der Waals surface area contributed by atoms with Crippen LogP contribution in [0.2, 0.25) is 0 Å². The van der Waals surface area contributed by atoms with Crippen molar-refractivity contribution in [3.63, 3.8) is 0 Å². The largest absolute Gasteiger partial charge is 0.478 e. The number of ether oxygens (including phenoxy) is 1. The van der Waals surface area contributed by atoms with Crippen molar-refractivity contribution in [2.75, 3.05) is 11.9 Å². The smallest absolute Gasteiger partial charge is 0.407 e. The second kappa shape index (κ2) is 9.97. The van der Waals surface area contributed by atoms with Crippen molar-refractivity contribution in [3.8, 4) is 11.1 Å². The van der Waals surface area contributed by atoms with Crippen LogP contribution in [-0.4, -0.2) is 35.7 Å². The standard InChI is InChI=1S/C27H25FN2O5/c1-15(2)24(25(31)29-23-12-11-16(26(32)33)13-22(23)28)30-27(34)35-14-21-19-9-5-3-7-17(19)18-8-4-6-10-20(18)21/h3-13,15,21,24H,14H2,1-2H3,(H,29,31)(H,30,34)(H,32,33). The van der Waals surface area contributed by atoms with E-state index in [0.717, 1.165) is 28.3 Å². The maximum absolute atomic E-state index is 14.2. The van der Waals surface area contributed by atoms with Gasteiger partial charge in [0.1, 0.15) is 18.5 Å². The maximum Gasteiger partial charge on any atom is 0.407 e. The zero-order valence-electron chi connectivity index (χ0n) is 19.2. The molecule has 35 heavy (non-hydrogen) atoms. The summed E-state index contributed by atoms with van der Waals surface area (Å²) < 4.78 is 19.8. The lowest BCUT2D eigenvalue weighted by molar-refractivity contribution is -0.119. The molecule has 7 nitrogen and oxygen atoms in total. The van der Waals surface area contributed by atoms with Gasteiger partial charge in [0.15, 0.2) is 0 Å². The molecule has 1 atom stereocenters. The first-order valence-electron chi connectivity index (χ1n) is 11.2. The lowest BCUT2D eigenvalue weighted by atomic mass is 9.98.